The van der Waals surface area contributed by atoms with Crippen LogP contribution >= 0.6 is 11.8 Å². The van der Waals surface area contributed by atoms with Gasteiger partial charge in [0, 0.05) is 13.1 Å². The Kier molecular flexibility index (Phi) is 14.6. The fourth-order valence-electron chi connectivity index (χ4n) is 2.47. The lowest BCUT2D eigenvalue weighted by Crippen LogP contribution is -2.54. The molecule has 0 radical (unpaired) electrons. The SMILES string of the molecule is CSCC[C@H](NC(=O)[C@H](CCCN=C(N)N)NC(=O)[C@@H](N)CCCN=C(N)N)C(=O)O. The Bertz CT molecular complexity index is 637. The molecule has 0 fully saturated rings. The van der Waals surface area contributed by atoms with E-state index in [1.54, 1.807) is 0 Å². The van der Waals surface area contributed by atoms with Crippen LogP contribution in [0.25, 0.3) is 0 Å². The second-order valence-corrected chi connectivity index (χ2v) is 7.73. The molecule has 0 unspecified atom stereocenters. The Morgan fingerprint density at radius 1 is 0.871 bits per heavy atom. The number of carbonyl (C=O) groups excluding carboxylic acids is 2. The van der Waals surface area contributed by atoms with Crippen molar-refractivity contribution in [3.05, 3.63) is 0 Å². The molecular formula is C17H35N9O4S. The van der Waals surface area contributed by atoms with E-state index in [1.165, 1.54) is 11.8 Å². The van der Waals surface area contributed by atoms with Gasteiger partial charge in [0.05, 0.1) is 6.04 Å². The molecule has 0 aliphatic heterocycles. The summed E-state index contributed by atoms with van der Waals surface area (Å²) in [5, 5.41) is 14.4. The predicted molar refractivity (Wildman–Crippen MR) is 122 cm³/mol. The maximum absolute atomic E-state index is 12.7. The number of aliphatic imine (C=N–C) groups is 2. The summed E-state index contributed by atoms with van der Waals surface area (Å²) in [7, 11) is 0. The molecule has 0 aliphatic rings. The minimum atomic E-state index is -1.15. The largest absolute Gasteiger partial charge is 0.480 e. The topological polar surface area (TPSA) is 250 Å². The van der Waals surface area contributed by atoms with Crippen molar-refractivity contribution in [1.82, 2.24) is 10.6 Å². The van der Waals surface area contributed by atoms with E-state index in [2.05, 4.69) is 20.6 Å². The normalized spacial score (nSPS) is 13.4. The monoisotopic (exact) mass is 461 g/mol. The molecule has 0 aromatic heterocycles. The van der Waals surface area contributed by atoms with Gasteiger partial charge in [0.2, 0.25) is 11.8 Å². The minimum absolute atomic E-state index is 0.0509. The van der Waals surface area contributed by atoms with Crippen molar-refractivity contribution >= 4 is 41.5 Å². The van der Waals surface area contributed by atoms with E-state index >= 15 is 0 Å². The van der Waals surface area contributed by atoms with Crippen LogP contribution in [0.15, 0.2) is 9.98 Å². The van der Waals surface area contributed by atoms with E-state index in [9.17, 15) is 19.5 Å². The summed E-state index contributed by atoms with van der Waals surface area (Å²) in [5.41, 5.74) is 26.9. The third-order valence-electron chi connectivity index (χ3n) is 4.11. The Labute approximate surface area is 186 Å². The minimum Gasteiger partial charge on any atom is -0.480 e. The van der Waals surface area contributed by atoms with Gasteiger partial charge in [-0.05, 0) is 44.1 Å². The molecule has 0 aromatic rings. The quantitative estimate of drug-likeness (QED) is 0.0666. The summed E-state index contributed by atoms with van der Waals surface area (Å²) >= 11 is 1.46. The van der Waals surface area contributed by atoms with Gasteiger partial charge in [-0.15, -0.1) is 0 Å². The molecule has 0 spiro atoms. The number of thioether (sulfide) groups is 1. The lowest BCUT2D eigenvalue weighted by atomic mass is 10.1. The fourth-order valence-corrected chi connectivity index (χ4v) is 2.94. The predicted octanol–water partition coefficient (Wildman–Crippen LogP) is -2.77. The highest BCUT2D eigenvalue weighted by molar-refractivity contribution is 7.98. The number of nitrogens with one attached hydrogen (secondary N) is 2. The average Bonchev–Trinajstić information content (AvgIpc) is 2.69. The maximum atomic E-state index is 12.7. The van der Waals surface area contributed by atoms with Crippen LogP contribution in [0.2, 0.25) is 0 Å². The number of nitrogens with two attached hydrogens (primary N) is 5. The Hall–Kier alpha value is -2.74. The zero-order valence-corrected chi connectivity index (χ0v) is 18.6. The number of hydrogen-bond acceptors (Lipinski definition) is 7. The van der Waals surface area contributed by atoms with E-state index < -0.39 is 35.9 Å². The van der Waals surface area contributed by atoms with Crippen molar-refractivity contribution in [2.75, 3.05) is 25.1 Å². The van der Waals surface area contributed by atoms with Gasteiger partial charge in [-0.2, -0.15) is 11.8 Å². The fraction of sp³-hybridized carbons (Fsp3) is 0.706. The first-order chi connectivity index (χ1) is 14.6. The molecule has 0 aromatic carbocycles. The van der Waals surface area contributed by atoms with Crippen molar-refractivity contribution in [1.29, 1.82) is 0 Å². The molecule has 178 valence electrons. The molecule has 0 rings (SSSR count). The Morgan fingerprint density at radius 2 is 1.39 bits per heavy atom. The summed E-state index contributed by atoms with van der Waals surface area (Å²) in [6.45, 7) is 0.572. The average molecular weight is 462 g/mol. The molecule has 31 heavy (non-hydrogen) atoms. The number of hydrogen-bond donors (Lipinski definition) is 8. The lowest BCUT2D eigenvalue weighted by molar-refractivity contribution is -0.142. The van der Waals surface area contributed by atoms with Crippen LogP contribution in [0.5, 0.6) is 0 Å². The summed E-state index contributed by atoms with van der Waals surface area (Å²) in [6.07, 6.45) is 3.45. The summed E-state index contributed by atoms with van der Waals surface area (Å²) in [5.74, 6) is -1.88. The van der Waals surface area contributed by atoms with Gasteiger partial charge in [0.1, 0.15) is 12.1 Å². The smallest absolute Gasteiger partial charge is 0.326 e. The van der Waals surface area contributed by atoms with E-state index in [-0.39, 0.29) is 31.3 Å². The van der Waals surface area contributed by atoms with Gasteiger partial charge in [-0.25, -0.2) is 4.79 Å². The zero-order chi connectivity index (χ0) is 23.8. The van der Waals surface area contributed by atoms with E-state index in [0.29, 0.717) is 31.6 Å². The number of amides is 2. The van der Waals surface area contributed by atoms with Crippen LogP contribution in [0.1, 0.15) is 32.1 Å². The number of carbonyl (C=O) groups is 3. The molecule has 2 amide bonds. The highest BCUT2D eigenvalue weighted by atomic mass is 32.2. The van der Waals surface area contributed by atoms with Crippen molar-refractivity contribution in [3.63, 3.8) is 0 Å². The molecule has 0 heterocycles. The van der Waals surface area contributed by atoms with Crippen LogP contribution in [-0.4, -0.2) is 78.0 Å². The van der Waals surface area contributed by atoms with E-state index in [1.807, 2.05) is 6.26 Å². The van der Waals surface area contributed by atoms with E-state index in [4.69, 9.17) is 28.7 Å². The number of carboxylic acids is 1. The molecular weight excluding hydrogens is 426 g/mol. The lowest BCUT2D eigenvalue weighted by Gasteiger charge is -2.22. The van der Waals surface area contributed by atoms with Crippen LogP contribution in [0, 0.1) is 0 Å². The van der Waals surface area contributed by atoms with Gasteiger partial charge in [-0.3, -0.25) is 19.6 Å². The highest BCUT2D eigenvalue weighted by Crippen LogP contribution is 2.05. The molecule has 0 saturated heterocycles. The molecule has 0 bridgehead atoms. The molecule has 13 N–H and O–H groups in total. The van der Waals surface area contributed by atoms with Crippen LogP contribution in [0.4, 0.5) is 0 Å². The number of rotatable bonds is 16. The number of carboxylic acid groups (broad SMARTS) is 1. The zero-order valence-electron chi connectivity index (χ0n) is 17.8. The van der Waals surface area contributed by atoms with Crippen molar-refractivity contribution in [2.24, 2.45) is 38.7 Å². The van der Waals surface area contributed by atoms with Crippen molar-refractivity contribution < 1.29 is 19.5 Å². The Morgan fingerprint density at radius 3 is 1.87 bits per heavy atom. The van der Waals surface area contributed by atoms with Gasteiger partial charge >= 0.3 is 5.97 Å². The van der Waals surface area contributed by atoms with Crippen molar-refractivity contribution in [3.8, 4) is 0 Å². The molecule has 3 atom stereocenters. The Balaban J connectivity index is 5.02. The molecule has 0 aliphatic carbocycles. The first-order valence-corrected chi connectivity index (χ1v) is 11.2. The summed E-state index contributed by atoms with van der Waals surface area (Å²) < 4.78 is 0. The van der Waals surface area contributed by atoms with Crippen molar-refractivity contribution in [2.45, 2.75) is 50.2 Å². The summed E-state index contributed by atoms with van der Waals surface area (Å²) in [4.78, 5) is 44.2. The molecule has 0 saturated carbocycles. The molecule has 14 heteroatoms. The van der Waals surface area contributed by atoms with E-state index in [0.717, 1.165) is 0 Å². The van der Waals surface area contributed by atoms with Crippen LogP contribution in [0.3, 0.4) is 0 Å². The second kappa shape index (κ2) is 16.0. The molecule has 13 nitrogen and oxygen atoms in total. The van der Waals surface area contributed by atoms with Crippen LogP contribution in [-0.2, 0) is 14.4 Å². The van der Waals surface area contributed by atoms with Gasteiger partial charge in [-0.1, -0.05) is 0 Å². The number of aliphatic carboxylic acids is 1. The van der Waals surface area contributed by atoms with Crippen LogP contribution < -0.4 is 39.3 Å². The third-order valence-corrected chi connectivity index (χ3v) is 4.75. The van der Waals surface area contributed by atoms with Gasteiger partial charge < -0.3 is 44.4 Å². The highest BCUT2D eigenvalue weighted by Gasteiger charge is 2.27. The summed E-state index contributed by atoms with van der Waals surface area (Å²) in [6, 6.07) is -2.93. The van der Waals surface area contributed by atoms with Gasteiger partial charge in [0.15, 0.2) is 11.9 Å². The maximum Gasteiger partial charge on any atom is 0.326 e. The first kappa shape index (κ1) is 28.3. The second-order valence-electron chi connectivity index (χ2n) is 6.75. The number of guanidine groups is 2. The standard InChI is InChI=1S/C17H35N9O4S/c1-31-9-6-12(15(29)30)26-14(28)11(5-3-8-24-17(21)22)25-13(27)10(18)4-2-7-23-16(19)20/h10-12H,2-9,18H2,1H3,(H,25,27)(H,26,28)(H,29,30)(H4,19,20,23)(H4,21,22,24)/t10-,11-,12-/m0/s1. The third kappa shape index (κ3) is 14.0. The number of nitrogens with zero attached hydrogens (tertiary/aromatic N) is 2. The van der Waals surface area contributed by atoms with Gasteiger partial charge in [0.25, 0.3) is 0 Å². The first-order valence-electron chi connectivity index (χ1n) is 9.77.